The fraction of sp³-hybridized carbons (Fsp3) is 0.929. The second-order valence-corrected chi connectivity index (χ2v) is 5.43. The van der Waals surface area contributed by atoms with Crippen LogP contribution in [0.25, 0.3) is 10.4 Å². The third kappa shape index (κ3) is 9.51. The summed E-state index contributed by atoms with van der Waals surface area (Å²) >= 11 is 0. The molecule has 0 aliphatic carbocycles. The van der Waals surface area contributed by atoms with Gasteiger partial charge in [-0.1, -0.05) is 39.2 Å². The molecule has 5 nitrogen and oxygen atoms in total. The molecule has 0 radical (unpaired) electrons. The van der Waals surface area contributed by atoms with Gasteiger partial charge in [0.1, 0.15) is 5.78 Å². The molecule has 5 heteroatoms. The molecular formula is C14H28N4O. The number of carbonyl (C=O) groups is 1. The summed E-state index contributed by atoms with van der Waals surface area (Å²) in [4.78, 5) is 14.4. The van der Waals surface area contributed by atoms with Crippen molar-refractivity contribution in [2.24, 2.45) is 11.0 Å². The van der Waals surface area contributed by atoms with Gasteiger partial charge in [-0.3, -0.25) is 4.79 Å². The van der Waals surface area contributed by atoms with Crippen LogP contribution in [-0.4, -0.2) is 24.4 Å². The van der Waals surface area contributed by atoms with Crippen LogP contribution in [0, 0.1) is 5.92 Å². The van der Waals surface area contributed by atoms with Gasteiger partial charge in [0.15, 0.2) is 0 Å². The van der Waals surface area contributed by atoms with Crippen LogP contribution >= 0.6 is 0 Å². The van der Waals surface area contributed by atoms with Crippen LogP contribution < -0.4 is 5.32 Å². The summed E-state index contributed by atoms with van der Waals surface area (Å²) in [5.74, 6) is 0.461. The van der Waals surface area contributed by atoms with E-state index in [0.29, 0.717) is 30.8 Å². The van der Waals surface area contributed by atoms with E-state index in [2.05, 4.69) is 29.2 Å². The minimum Gasteiger partial charge on any atom is -0.312 e. The van der Waals surface area contributed by atoms with Crippen molar-refractivity contribution in [3.05, 3.63) is 10.4 Å². The smallest absolute Gasteiger partial charge is 0.135 e. The molecule has 0 aliphatic heterocycles. The van der Waals surface area contributed by atoms with E-state index in [4.69, 9.17) is 5.53 Å². The van der Waals surface area contributed by atoms with Crippen LogP contribution in [0.5, 0.6) is 0 Å². The summed E-state index contributed by atoms with van der Waals surface area (Å²) in [5.41, 5.74) is 8.21. The number of Topliss-reactive ketones (excluding diaryl/α,β-unsaturated/α-hetero) is 1. The average molecular weight is 268 g/mol. The minimum absolute atomic E-state index is 0.123. The van der Waals surface area contributed by atoms with Gasteiger partial charge in [0.2, 0.25) is 0 Å². The maximum absolute atomic E-state index is 11.7. The predicted molar refractivity (Wildman–Crippen MR) is 79.0 cm³/mol. The largest absolute Gasteiger partial charge is 0.312 e. The van der Waals surface area contributed by atoms with Crippen molar-refractivity contribution in [2.45, 2.75) is 71.9 Å². The molecule has 1 N–H and O–H groups in total. The fourth-order valence-corrected chi connectivity index (χ4v) is 2.27. The Labute approximate surface area is 116 Å². The molecule has 0 amide bonds. The Morgan fingerprint density at radius 2 is 2.00 bits per heavy atom. The van der Waals surface area contributed by atoms with Gasteiger partial charge in [0.05, 0.1) is 0 Å². The number of nitrogens with zero attached hydrogens (tertiary/aromatic N) is 3. The first kappa shape index (κ1) is 17.9. The van der Waals surface area contributed by atoms with E-state index in [1.54, 1.807) is 0 Å². The zero-order valence-corrected chi connectivity index (χ0v) is 12.7. The normalized spacial score (nSPS) is 13.9. The van der Waals surface area contributed by atoms with Crippen molar-refractivity contribution < 1.29 is 4.79 Å². The van der Waals surface area contributed by atoms with Crippen LogP contribution in [0.4, 0.5) is 0 Å². The highest BCUT2D eigenvalue weighted by molar-refractivity contribution is 5.80. The number of hydrogen-bond donors (Lipinski definition) is 1. The lowest BCUT2D eigenvalue weighted by molar-refractivity contribution is -0.122. The highest BCUT2D eigenvalue weighted by Gasteiger charge is 2.17. The molecule has 1 unspecified atom stereocenters. The van der Waals surface area contributed by atoms with Crippen LogP contribution in [0.3, 0.4) is 0 Å². The van der Waals surface area contributed by atoms with Crippen molar-refractivity contribution in [1.29, 1.82) is 0 Å². The van der Waals surface area contributed by atoms with Gasteiger partial charge in [0.25, 0.3) is 0 Å². The monoisotopic (exact) mass is 268 g/mol. The Hall–Kier alpha value is -1.06. The van der Waals surface area contributed by atoms with E-state index in [1.807, 2.05) is 13.8 Å². The quantitative estimate of drug-likeness (QED) is 0.267. The van der Waals surface area contributed by atoms with Gasteiger partial charge >= 0.3 is 0 Å². The highest BCUT2D eigenvalue weighted by atomic mass is 16.1. The van der Waals surface area contributed by atoms with Crippen molar-refractivity contribution in [3.63, 3.8) is 0 Å². The standard InChI is InChI=1S/C14H28N4O/c1-5-14(19)12(4)10-13(17-11(2)3)8-6-7-9-16-18-15/h11-13,17H,5-10H2,1-4H3/t12?,13-/m0/s1. The van der Waals surface area contributed by atoms with E-state index < -0.39 is 0 Å². The number of nitrogens with one attached hydrogen (secondary N) is 1. The van der Waals surface area contributed by atoms with Gasteiger partial charge in [0, 0.05) is 35.9 Å². The minimum atomic E-state index is 0.123. The molecule has 0 spiro atoms. The first-order valence-electron chi connectivity index (χ1n) is 7.30. The maximum Gasteiger partial charge on any atom is 0.135 e. The third-order valence-electron chi connectivity index (χ3n) is 3.23. The molecule has 0 aliphatic rings. The van der Waals surface area contributed by atoms with Crippen LogP contribution in [0.15, 0.2) is 5.11 Å². The Morgan fingerprint density at radius 3 is 2.53 bits per heavy atom. The predicted octanol–water partition coefficient (Wildman–Crippen LogP) is 3.84. The summed E-state index contributed by atoms with van der Waals surface area (Å²) in [6.45, 7) is 8.75. The summed E-state index contributed by atoms with van der Waals surface area (Å²) in [6, 6.07) is 0.794. The number of hydrogen-bond acceptors (Lipinski definition) is 3. The molecule has 19 heavy (non-hydrogen) atoms. The van der Waals surface area contributed by atoms with Crippen molar-refractivity contribution in [1.82, 2.24) is 5.32 Å². The van der Waals surface area contributed by atoms with Gasteiger partial charge in [-0.15, -0.1) is 0 Å². The number of rotatable bonds is 11. The van der Waals surface area contributed by atoms with E-state index in [9.17, 15) is 4.79 Å². The van der Waals surface area contributed by atoms with Crippen molar-refractivity contribution in [2.75, 3.05) is 6.54 Å². The zero-order valence-electron chi connectivity index (χ0n) is 12.7. The van der Waals surface area contributed by atoms with Crippen molar-refractivity contribution >= 4 is 5.78 Å². The Morgan fingerprint density at radius 1 is 1.32 bits per heavy atom. The molecule has 0 aromatic heterocycles. The third-order valence-corrected chi connectivity index (χ3v) is 3.23. The number of unbranched alkanes of at least 4 members (excludes halogenated alkanes) is 1. The number of ketones is 1. The molecule has 0 aromatic rings. The highest BCUT2D eigenvalue weighted by Crippen LogP contribution is 2.14. The van der Waals surface area contributed by atoms with Crippen molar-refractivity contribution in [3.8, 4) is 0 Å². The van der Waals surface area contributed by atoms with E-state index in [0.717, 1.165) is 25.7 Å². The lowest BCUT2D eigenvalue weighted by Gasteiger charge is -2.24. The Kier molecular flexibility index (Phi) is 10.2. The van der Waals surface area contributed by atoms with Gasteiger partial charge in [-0.2, -0.15) is 0 Å². The second-order valence-electron chi connectivity index (χ2n) is 5.43. The van der Waals surface area contributed by atoms with Crippen LogP contribution in [0.2, 0.25) is 0 Å². The zero-order chi connectivity index (χ0) is 14.7. The molecule has 0 aromatic carbocycles. The number of azide groups is 1. The van der Waals surface area contributed by atoms with Gasteiger partial charge in [-0.05, 0) is 24.8 Å². The molecule has 0 saturated heterocycles. The topological polar surface area (TPSA) is 77.9 Å². The SMILES string of the molecule is CCC(=O)C(C)C[C@H](CCCCN=[N+]=[N-])NC(C)C. The lowest BCUT2D eigenvalue weighted by atomic mass is 9.93. The van der Waals surface area contributed by atoms with Crippen LogP contribution in [-0.2, 0) is 4.79 Å². The van der Waals surface area contributed by atoms with Gasteiger partial charge in [-0.25, -0.2) is 0 Å². The fourth-order valence-electron chi connectivity index (χ4n) is 2.27. The second kappa shape index (κ2) is 10.8. The molecule has 0 bridgehead atoms. The maximum atomic E-state index is 11.7. The average Bonchev–Trinajstić information content (AvgIpc) is 2.36. The summed E-state index contributed by atoms with van der Waals surface area (Å²) in [6.07, 6.45) is 4.48. The first-order valence-corrected chi connectivity index (χ1v) is 7.30. The van der Waals surface area contributed by atoms with Crippen LogP contribution in [0.1, 0.15) is 59.8 Å². The molecule has 2 atom stereocenters. The Bertz CT molecular complexity index is 298. The summed E-state index contributed by atoms with van der Waals surface area (Å²) < 4.78 is 0. The molecule has 0 fully saturated rings. The van der Waals surface area contributed by atoms with E-state index in [1.165, 1.54) is 0 Å². The molecule has 110 valence electrons. The summed E-state index contributed by atoms with van der Waals surface area (Å²) in [7, 11) is 0. The van der Waals surface area contributed by atoms with Gasteiger partial charge < -0.3 is 5.32 Å². The summed E-state index contributed by atoms with van der Waals surface area (Å²) in [5, 5.41) is 7.06. The molecule has 0 saturated carbocycles. The van der Waals surface area contributed by atoms with E-state index in [-0.39, 0.29) is 5.92 Å². The first-order chi connectivity index (χ1) is 9.01. The molecular weight excluding hydrogens is 240 g/mol. The number of carbonyl (C=O) groups excluding carboxylic acids is 1. The lowest BCUT2D eigenvalue weighted by Crippen LogP contribution is -2.37. The molecule has 0 rings (SSSR count). The Balaban J connectivity index is 4.14. The molecule has 0 heterocycles. The van der Waals surface area contributed by atoms with E-state index >= 15 is 0 Å².